The number of hydrogen-bond donors (Lipinski definition) is 1. The summed E-state index contributed by atoms with van der Waals surface area (Å²) in [6.07, 6.45) is -9.13. The van der Waals surface area contributed by atoms with Crippen LogP contribution in [0.4, 0.5) is 26.3 Å². The van der Waals surface area contributed by atoms with Gasteiger partial charge in [0.05, 0.1) is 6.04 Å². The van der Waals surface area contributed by atoms with Gasteiger partial charge in [-0.1, -0.05) is 48.5 Å². The molecule has 4 nitrogen and oxygen atoms in total. The first-order valence-corrected chi connectivity index (χ1v) is 12.6. The zero-order valence-electron chi connectivity index (χ0n) is 19.3. The molecule has 4 aliphatic carbocycles. The molecular formula is C26H23F6NO3S. The van der Waals surface area contributed by atoms with Gasteiger partial charge in [0.15, 0.2) is 0 Å². The number of halogens is 6. The molecule has 2 unspecified atom stereocenters. The summed E-state index contributed by atoms with van der Waals surface area (Å²) in [7, 11) is 0. The van der Waals surface area contributed by atoms with Gasteiger partial charge >= 0.3 is 24.2 Å². The predicted molar refractivity (Wildman–Crippen MR) is 122 cm³/mol. The number of thioether (sulfide) groups is 1. The molecule has 0 aromatic heterocycles. The van der Waals surface area contributed by atoms with E-state index >= 15 is 0 Å². The summed E-state index contributed by atoms with van der Waals surface area (Å²) in [6, 6.07) is 15.7. The lowest BCUT2D eigenvalue weighted by Gasteiger charge is -2.46. The summed E-state index contributed by atoms with van der Waals surface area (Å²) >= 11 is 1.47. The van der Waals surface area contributed by atoms with Gasteiger partial charge in [0.2, 0.25) is 0 Å². The highest BCUT2D eigenvalue weighted by Gasteiger charge is 2.73. The maximum absolute atomic E-state index is 13.4. The maximum Gasteiger partial charge on any atom is 0.490 e. The first-order chi connectivity index (χ1) is 17.3. The Labute approximate surface area is 213 Å². The van der Waals surface area contributed by atoms with Crippen LogP contribution in [0.2, 0.25) is 0 Å². The lowest BCUT2D eigenvalue weighted by atomic mass is 9.67. The Hall–Kier alpha value is -2.69. The average molecular weight is 544 g/mol. The van der Waals surface area contributed by atoms with E-state index < -0.39 is 52.5 Å². The first kappa shape index (κ1) is 25.9. The number of hydrogen-bond acceptors (Lipinski definition) is 4. The number of esters is 1. The van der Waals surface area contributed by atoms with Crippen LogP contribution in [0, 0.1) is 17.8 Å². The lowest BCUT2D eigenvalue weighted by molar-refractivity contribution is -0.224. The molecule has 4 saturated carbocycles. The van der Waals surface area contributed by atoms with Crippen LogP contribution >= 0.6 is 11.8 Å². The number of carbonyl (C=O) groups is 2. The molecule has 1 amide bonds. The van der Waals surface area contributed by atoms with E-state index in [2.05, 4.69) is 5.32 Å². The standard InChI is InChI=1S/C26H23F6NO3S/c27-25(28,29)21(34)33-20(16-7-3-1-4-8-16)19-18-11-15-12-23(19,36-22(35)26(30,31)32)14-24(18,13-15)37-17-9-5-2-6-10-17/h1-10,15,18-20H,11-14H2,(H,33,34)/t15?,18?,19-,20+,23+,24-/m1/s1. The molecule has 0 saturated heterocycles. The smallest absolute Gasteiger partial charge is 0.452 e. The van der Waals surface area contributed by atoms with E-state index in [0.29, 0.717) is 18.4 Å². The van der Waals surface area contributed by atoms with E-state index in [0.717, 1.165) is 4.90 Å². The van der Waals surface area contributed by atoms with Gasteiger partial charge in [-0.15, -0.1) is 11.8 Å². The molecule has 0 heterocycles. The molecule has 37 heavy (non-hydrogen) atoms. The number of rotatable bonds is 6. The maximum atomic E-state index is 13.4. The third-order valence-corrected chi connectivity index (χ3v) is 9.35. The van der Waals surface area contributed by atoms with E-state index in [1.54, 1.807) is 18.2 Å². The van der Waals surface area contributed by atoms with Gasteiger partial charge in [-0.2, -0.15) is 26.3 Å². The fraction of sp³-hybridized carbons (Fsp3) is 0.462. The van der Waals surface area contributed by atoms with Gasteiger partial charge in [0.25, 0.3) is 0 Å². The Kier molecular flexibility index (Phi) is 6.28. The second kappa shape index (κ2) is 8.96. The Morgan fingerprint density at radius 3 is 2.14 bits per heavy atom. The van der Waals surface area contributed by atoms with Crippen molar-refractivity contribution in [2.45, 2.75) is 59.3 Å². The van der Waals surface area contributed by atoms with Crippen molar-refractivity contribution >= 4 is 23.6 Å². The number of amides is 1. The monoisotopic (exact) mass is 543 g/mol. The highest BCUT2D eigenvalue weighted by molar-refractivity contribution is 8.00. The highest BCUT2D eigenvalue weighted by Crippen LogP contribution is 2.73. The first-order valence-electron chi connectivity index (χ1n) is 11.8. The second-order valence-electron chi connectivity index (χ2n) is 10.1. The number of alkyl halides is 6. The number of nitrogens with one attached hydrogen (secondary N) is 1. The molecule has 4 bridgehead atoms. The number of ether oxygens (including phenoxy) is 1. The van der Waals surface area contributed by atoms with Gasteiger partial charge in [-0.05, 0) is 48.8 Å². The van der Waals surface area contributed by atoms with Crippen LogP contribution in [0.1, 0.15) is 37.3 Å². The predicted octanol–water partition coefficient (Wildman–Crippen LogP) is 6.23. The zero-order chi connectivity index (χ0) is 26.6. The van der Waals surface area contributed by atoms with Crippen molar-refractivity contribution in [1.29, 1.82) is 0 Å². The highest BCUT2D eigenvalue weighted by atomic mass is 32.2. The summed E-state index contributed by atoms with van der Waals surface area (Å²) < 4.78 is 84.9. The minimum absolute atomic E-state index is 0.0537. The number of carbonyl (C=O) groups excluding carboxylic acids is 2. The van der Waals surface area contributed by atoms with Crippen LogP contribution in [0.15, 0.2) is 65.6 Å². The molecule has 6 rings (SSSR count). The molecule has 2 aromatic carbocycles. The van der Waals surface area contributed by atoms with E-state index in [4.69, 9.17) is 4.74 Å². The van der Waals surface area contributed by atoms with Crippen molar-refractivity contribution in [3.63, 3.8) is 0 Å². The SMILES string of the molecule is O=C(N[C@@H](c1ccccc1)[C@H]1C2CC3C[C@@]2(Sc2ccccc2)C[C@@]1(OC(=O)C(F)(F)F)C3)C(F)(F)F. The van der Waals surface area contributed by atoms with E-state index in [9.17, 15) is 35.9 Å². The topological polar surface area (TPSA) is 55.4 Å². The van der Waals surface area contributed by atoms with Crippen molar-refractivity contribution in [2.24, 2.45) is 17.8 Å². The third kappa shape index (κ3) is 4.70. The van der Waals surface area contributed by atoms with Gasteiger partial charge in [-0.3, -0.25) is 4.79 Å². The summed E-state index contributed by atoms with van der Waals surface area (Å²) in [5, 5.41) is 2.05. The van der Waals surface area contributed by atoms with Crippen LogP contribution in [0.3, 0.4) is 0 Å². The lowest BCUT2D eigenvalue weighted by Crippen LogP contribution is -2.53. The molecule has 0 spiro atoms. The largest absolute Gasteiger partial charge is 0.490 e. The van der Waals surface area contributed by atoms with Crippen molar-refractivity contribution in [3.8, 4) is 0 Å². The minimum atomic E-state index is -5.27. The fourth-order valence-corrected chi connectivity index (χ4v) is 8.68. The van der Waals surface area contributed by atoms with Gasteiger partial charge in [0.1, 0.15) is 5.60 Å². The van der Waals surface area contributed by atoms with E-state index in [1.165, 1.54) is 23.9 Å². The summed E-state index contributed by atoms with van der Waals surface area (Å²) in [6.45, 7) is 0. The van der Waals surface area contributed by atoms with Crippen LogP contribution in [0.5, 0.6) is 0 Å². The molecule has 11 heteroatoms. The Bertz CT molecular complexity index is 1170. The molecule has 0 aliphatic heterocycles. The van der Waals surface area contributed by atoms with Gasteiger partial charge < -0.3 is 10.1 Å². The normalized spacial score (nSPS) is 31.2. The summed E-state index contributed by atoms with van der Waals surface area (Å²) in [5.74, 6) is -5.99. The van der Waals surface area contributed by atoms with Crippen molar-refractivity contribution < 1.29 is 40.7 Å². The average Bonchev–Trinajstić information content (AvgIpc) is 3.17. The second-order valence-corrected chi connectivity index (χ2v) is 11.6. The van der Waals surface area contributed by atoms with Gasteiger partial charge in [-0.25, -0.2) is 4.79 Å². The fourth-order valence-electron chi connectivity index (χ4n) is 6.88. The molecule has 4 aliphatic rings. The van der Waals surface area contributed by atoms with Crippen LogP contribution in [-0.2, 0) is 14.3 Å². The molecule has 1 N–H and O–H groups in total. The summed E-state index contributed by atoms with van der Waals surface area (Å²) in [5.41, 5.74) is -1.37. The molecule has 6 atom stereocenters. The minimum Gasteiger partial charge on any atom is -0.452 e. The molecule has 4 fully saturated rings. The Balaban J connectivity index is 1.61. The molecular weight excluding hydrogens is 520 g/mol. The molecule has 2 aromatic rings. The quantitative estimate of drug-likeness (QED) is 0.347. The summed E-state index contributed by atoms with van der Waals surface area (Å²) in [4.78, 5) is 25.2. The van der Waals surface area contributed by atoms with Crippen molar-refractivity contribution in [2.75, 3.05) is 0 Å². The third-order valence-electron chi connectivity index (χ3n) is 7.82. The van der Waals surface area contributed by atoms with E-state index in [1.807, 2.05) is 30.3 Å². The van der Waals surface area contributed by atoms with E-state index in [-0.39, 0.29) is 18.8 Å². The number of benzene rings is 2. The Morgan fingerprint density at radius 1 is 0.919 bits per heavy atom. The van der Waals surface area contributed by atoms with Crippen LogP contribution in [-0.4, -0.2) is 34.6 Å². The van der Waals surface area contributed by atoms with Crippen LogP contribution < -0.4 is 5.32 Å². The zero-order valence-corrected chi connectivity index (χ0v) is 20.1. The van der Waals surface area contributed by atoms with Crippen LogP contribution in [0.25, 0.3) is 0 Å². The van der Waals surface area contributed by atoms with Crippen molar-refractivity contribution in [1.82, 2.24) is 5.32 Å². The van der Waals surface area contributed by atoms with Gasteiger partial charge in [0, 0.05) is 22.0 Å². The molecule has 198 valence electrons. The molecule has 0 radical (unpaired) electrons. The Morgan fingerprint density at radius 2 is 1.54 bits per heavy atom. The van der Waals surface area contributed by atoms with Crippen molar-refractivity contribution in [3.05, 3.63) is 66.2 Å².